The van der Waals surface area contributed by atoms with Gasteiger partial charge in [-0.15, -0.1) is 0 Å². The number of ether oxygens (including phenoxy) is 2. The molecule has 2 aliphatic heterocycles. The number of carbonyl (C=O) groups is 2. The predicted molar refractivity (Wildman–Crippen MR) is 104 cm³/mol. The summed E-state index contributed by atoms with van der Waals surface area (Å²) in [6.07, 6.45) is 5.87. The zero-order chi connectivity index (χ0) is 20.9. The Morgan fingerprint density at radius 2 is 1.97 bits per heavy atom. The fourth-order valence-corrected chi connectivity index (χ4v) is 9.81. The Labute approximate surface area is 176 Å². The van der Waals surface area contributed by atoms with Crippen LogP contribution >= 0.6 is 0 Å². The highest BCUT2D eigenvalue weighted by Gasteiger charge is 2.88. The average molecular weight is 408 g/mol. The van der Waals surface area contributed by atoms with Crippen molar-refractivity contribution in [2.24, 2.45) is 39.7 Å². The average Bonchev–Trinajstić information content (AvgIpc) is 3.01. The first-order chi connectivity index (χ1) is 14.2. The van der Waals surface area contributed by atoms with Crippen molar-refractivity contribution in [3.8, 4) is 6.07 Å². The first-order valence-electron chi connectivity index (χ1n) is 11.5. The molecule has 0 aromatic carbocycles. The standard InChI is InChI=1S/C24H28N2O4/c1-20-10-15-24(29-15)17(13(20)3-7-23(20)8-5-16(28)30-23)12-9-22(11-25)18(19(12)26)14(27)4-6-21(22,24)2/h13,15,17-18H,3-10,26H2,1-2H3/t13?,15?,17?,18?,20?,21?,22?,23-,24?/m1/s1. The van der Waals surface area contributed by atoms with Crippen LogP contribution in [0, 0.1) is 45.3 Å². The zero-order valence-corrected chi connectivity index (χ0v) is 17.6. The summed E-state index contributed by atoms with van der Waals surface area (Å²) in [7, 11) is 0. The molecule has 0 aromatic rings. The van der Waals surface area contributed by atoms with Gasteiger partial charge in [-0.1, -0.05) is 13.8 Å². The number of hydrogen-bond donors (Lipinski definition) is 1. The molecule has 7 aliphatic rings. The second kappa shape index (κ2) is 4.65. The highest BCUT2D eigenvalue weighted by Crippen LogP contribution is 2.83. The van der Waals surface area contributed by atoms with Crippen molar-refractivity contribution >= 4 is 11.8 Å². The molecule has 9 atom stereocenters. The molecular weight excluding hydrogens is 380 g/mol. The Bertz CT molecular complexity index is 1030. The van der Waals surface area contributed by atoms with Crippen LogP contribution in [0.25, 0.3) is 0 Å². The van der Waals surface area contributed by atoms with E-state index in [-0.39, 0.29) is 34.6 Å². The third-order valence-corrected chi connectivity index (χ3v) is 11.3. The molecule has 0 radical (unpaired) electrons. The number of carbonyl (C=O) groups excluding carboxylic acids is 2. The molecule has 6 heteroatoms. The molecule has 2 N–H and O–H groups in total. The van der Waals surface area contributed by atoms with Gasteiger partial charge in [0.25, 0.3) is 0 Å². The lowest BCUT2D eigenvalue weighted by atomic mass is 9.39. The first kappa shape index (κ1) is 17.8. The van der Waals surface area contributed by atoms with Crippen molar-refractivity contribution in [2.75, 3.05) is 0 Å². The number of nitrogens with two attached hydrogens (primary N) is 1. The Kier molecular flexibility index (Phi) is 2.75. The molecule has 6 fully saturated rings. The smallest absolute Gasteiger partial charge is 0.306 e. The summed E-state index contributed by atoms with van der Waals surface area (Å²) in [6, 6.07) is 2.63. The van der Waals surface area contributed by atoms with Crippen LogP contribution in [0.2, 0.25) is 0 Å². The normalized spacial score (nSPS) is 59.5. The summed E-state index contributed by atoms with van der Waals surface area (Å²) < 4.78 is 12.7. The maximum absolute atomic E-state index is 13.0. The Balaban J connectivity index is 1.44. The molecule has 2 bridgehead atoms. The quantitative estimate of drug-likeness (QED) is 0.488. The van der Waals surface area contributed by atoms with Crippen LogP contribution in [0.4, 0.5) is 0 Å². The van der Waals surface area contributed by atoms with Gasteiger partial charge in [0.1, 0.15) is 17.0 Å². The summed E-state index contributed by atoms with van der Waals surface area (Å²) in [6.45, 7) is 4.51. The fourth-order valence-electron chi connectivity index (χ4n) is 9.81. The highest BCUT2D eigenvalue weighted by atomic mass is 16.6. The summed E-state index contributed by atoms with van der Waals surface area (Å²) >= 11 is 0. The molecule has 2 spiro atoms. The van der Waals surface area contributed by atoms with E-state index in [2.05, 4.69) is 19.9 Å². The number of rotatable bonds is 0. The molecule has 30 heavy (non-hydrogen) atoms. The number of fused-ring (bicyclic) bond motifs is 5. The largest absolute Gasteiger partial charge is 0.458 e. The molecule has 5 aliphatic carbocycles. The summed E-state index contributed by atoms with van der Waals surface area (Å²) in [5.41, 5.74) is 6.43. The van der Waals surface area contributed by atoms with Gasteiger partial charge in [-0.3, -0.25) is 9.59 Å². The number of nitriles is 1. The number of hydrogen-bond acceptors (Lipinski definition) is 6. The molecule has 158 valence electrons. The van der Waals surface area contributed by atoms with E-state index in [4.69, 9.17) is 15.2 Å². The van der Waals surface area contributed by atoms with Gasteiger partial charge >= 0.3 is 5.97 Å². The predicted octanol–water partition coefficient (Wildman–Crippen LogP) is 2.76. The number of nitrogens with zero attached hydrogens (tertiary/aromatic N) is 1. The highest BCUT2D eigenvalue weighted by molar-refractivity contribution is 5.88. The van der Waals surface area contributed by atoms with Crippen molar-refractivity contribution < 1.29 is 19.1 Å². The van der Waals surface area contributed by atoms with Crippen LogP contribution in [-0.2, 0) is 19.1 Å². The van der Waals surface area contributed by atoms with Gasteiger partial charge < -0.3 is 15.2 Å². The molecule has 8 unspecified atom stereocenters. The van der Waals surface area contributed by atoms with E-state index in [0.29, 0.717) is 37.3 Å². The van der Waals surface area contributed by atoms with Crippen molar-refractivity contribution in [2.45, 2.75) is 82.5 Å². The first-order valence-corrected chi connectivity index (χ1v) is 11.5. The van der Waals surface area contributed by atoms with Crippen molar-refractivity contribution in [1.82, 2.24) is 0 Å². The number of ketones is 1. The van der Waals surface area contributed by atoms with Gasteiger partial charge in [0.05, 0.1) is 23.5 Å². The van der Waals surface area contributed by atoms with E-state index in [9.17, 15) is 14.9 Å². The Morgan fingerprint density at radius 3 is 2.67 bits per heavy atom. The third-order valence-electron chi connectivity index (χ3n) is 11.3. The van der Waals surface area contributed by atoms with Crippen molar-refractivity contribution in [3.05, 3.63) is 11.3 Å². The second-order valence-electron chi connectivity index (χ2n) is 11.6. The molecule has 7 rings (SSSR count). The van der Waals surface area contributed by atoms with Crippen LogP contribution in [0.3, 0.4) is 0 Å². The molecule has 0 aromatic heterocycles. The van der Waals surface area contributed by atoms with Crippen molar-refractivity contribution in [1.29, 1.82) is 5.26 Å². The lowest BCUT2D eigenvalue weighted by molar-refractivity contribution is -0.167. The second-order valence-corrected chi connectivity index (χ2v) is 11.6. The summed E-state index contributed by atoms with van der Waals surface area (Å²) in [4.78, 5) is 25.1. The van der Waals surface area contributed by atoms with E-state index in [1.807, 2.05) is 0 Å². The Hall–Kier alpha value is -1.87. The van der Waals surface area contributed by atoms with E-state index in [1.54, 1.807) is 0 Å². The van der Waals surface area contributed by atoms with Gasteiger partial charge in [-0.2, -0.15) is 5.26 Å². The van der Waals surface area contributed by atoms with Crippen LogP contribution in [0.15, 0.2) is 11.3 Å². The zero-order valence-electron chi connectivity index (χ0n) is 17.6. The molecule has 0 amide bonds. The Morgan fingerprint density at radius 1 is 1.17 bits per heavy atom. The molecule has 2 heterocycles. The van der Waals surface area contributed by atoms with Gasteiger partial charge in [0.2, 0.25) is 0 Å². The maximum atomic E-state index is 13.0. The van der Waals surface area contributed by atoms with E-state index < -0.39 is 22.5 Å². The number of allylic oxidation sites excluding steroid dienone is 1. The SMILES string of the molecule is CC12CCC(=O)C3C(N)=C(CC31C#N)C1C3CC[C@@]4(CCC(=O)O4)C3(C)CC3OC312. The molecule has 2 saturated heterocycles. The van der Waals surface area contributed by atoms with Crippen molar-refractivity contribution in [3.63, 3.8) is 0 Å². The van der Waals surface area contributed by atoms with Crippen LogP contribution < -0.4 is 5.73 Å². The number of Topliss-reactive ketones (excluding diaryl/α,β-unsaturated/α-hetero) is 1. The summed E-state index contributed by atoms with van der Waals surface area (Å²) in [5, 5.41) is 10.4. The maximum Gasteiger partial charge on any atom is 0.306 e. The molecule has 6 nitrogen and oxygen atoms in total. The van der Waals surface area contributed by atoms with Gasteiger partial charge in [-0.25, -0.2) is 0 Å². The minimum Gasteiger partial charge on any atom is -0.458 e. The monoisotopic (exact) mass is 408 g/mol. The van der Waals surface area contributed by atoms with E-state index in [0.717, 1.165) is 31.3 Å². The number of epoxide rings is 1. The van der Waals surface area contributed by atoms with E-state index >= 15 is 0 Å². The minimum absolute atomic E-state index is 0.0470. The molecular formula is C24H28N2O4. The minimum atomic E-state index is -0.767. The van der Waals surface area contributed by atoms with E-state index in [1.165, 1.54) is 0 Å². The van der Waals surface area contributed by atoms with Crippen LogP contribution in [-0.4, -0.2) is 29.1 Å². The van der Waals surface area contributed by atoms with Gasteiger partial charge in [0, 0.05) is 35.3 Å². The van der Waals surface area contributed by atoms with Crippen LogP contribution in [0.1, 0.15) is 65.2 Å². The lowest BCUT2D eigenvalue weighted by Gasteiger charge is -2.60. The molecule has 4 saturated carbocycles. The van der Waals surface area contributed by atoms with Gasteiger partial charge in [0.15, 0.2) is 0 Å². The van der Waals surface area contributed by atoms with Crippen LogP contribution in [0.5, 0.6) is 0 Å². The topological polar surface area (TPSA) is 106 Å². The van der Waals surface area contributed by atoms with Gasteiger partial charge in [-0.05, 0) is 50.0 Å². The lowest BCUT2D eigenvalue weighted by Crippen LogP contribution is -2.66. The number of esters is 1. The third kappa shape index (κ3) is 1.41. The fraction of sp³-hybridized carbons (Fsp3) is 0.792. The summed E-state index contributed by atoms with van der Waals surface area (Å²) in [5.74, 6) is 0.00250.